The van der Waals surface area contributed by atoms with E-state index < -0.39 is 0 Å². The molecule has 0 amide bonds. The Morgan fingerprint density at radius 2 is 1.29 bits per heavy atom. The third-order valence-electron chi connectivity index (χ3n) is 8.32. The molecule has 41 heavy (non-hydrogen) atoms. The lowest BCUT2D eigenvalue weighted by Gasteiger charge is -2.24. The van der Waals surface area contributed by atoms with Crippen molar-refractivity contribution in [2.45, 2.75) is 19.3 Å². The van der Waals surface area contributed by atoms with E-state index in [4.69, 9.17) is 4.98 Å². The van der Waals surface area contributed by atoms with Gasteiger partial charge in [-0.25, -0.2) is 9.97 Å². The number of hydrogen-bond donors (Lipinski definition) is 0. The molecule has 0 radical (unpaired) electrons. The highest BCUT2D eigenvalue weighted by Gasteiger charge is 2.38. The Labute approximate surface area is 238 Å². The summed E-state index contributed by atoms with van der Waals surface area (Å²) in [5.74, 6) is 1.63. The van der Waals surface area contributed by atoms with E-state index in [1.807, 2.05) is 61.1 Å². The summed E-state index contributed by atoms with van der Waals surface area (Å²) in [4.78, 5) is 16.2. The van der Waals surface area contributed by atoms with Gasteiger partial charge in [0, 0.05) is 40.8 Å². The summed E-state index contributed by atoms with van der Waals surface area (Å²) in [5.41, 5.74) is 10.6. The molecule has 0 N–H and O–H groups in total. The van der Waals surface area contributed by atoms with E-state index in [1.54, 1.807) is 0 Å². The van der Waals surface area contributed by atoms with Gasteiger partial charge in [-0.15, -0.1) is 0 Å². The molecule has 4 aromatic heterocycles. The molecule has 4 heterocycles. The first-order chi connectivity index (χ1) is 20.1. The fourth-order valence-electron chi connectivity index (χ4n) is 6.55. The molecule has 5 heteroatoms. The van der Waals surface area contributed by atoms with Gasteiger partial charge in [-0.2, -0.15) is 0 Å². The van der Waals surface area contributed by atoms with E-state index >= 15 is 0 Å². The largest absolute Gasteiger partial charge is 0.307 e. The number of anilines is 3. The zero-order chi connectivity index (χ0) is 27.6. The summed E-state index contributed by atoms with van der Waals surface area (Å²) in [6.07, 6.45) is 5.51. The van der Waals surface area contributed by atoms with Gasteiger partial charge in [-0.05, 0) is 89.0 Å². The average Bonchev–Trinajstić information content (AvgIpc) is 3.48. The molecule has 196 valence electrons. The Morgan fingerprint density at radius 3 is 2.00 bits per heavy atom. The molecule has 1 aliphatic rings. The maximum absolute atomic E-state index is 4.86. The summed E-state index contributed by atoms with van der Waals surface area (Å²) >= 11 is 0. The quantitative estimate of drug-likeness (QED) is 0.229. The number of fused-ring (bicyclic) bond motifs is 7. The highest BCUT2D eigenvalue weighted by atomic mass is 15.2. The van der Waals surface area contributed by atoms with Gasteiger partial charge in [0.2, 0.25) is 0 Å². The Morgan fingerprint density at radius 1 is 0.610 bits per heavy atom. The van der Waals surface area contributed by atoms with Gasteiger partial charge in [0.1, 0.15) is 11.6 Å². The van der Waals surface area contributed by atoms with Crippen molar-refractivity contribution in [2.24, 2.45) is 0 Å². The van der Waals surface area contributed by atoms with Gasteiger partial charge in [0.25, 0.3) is 0 Å². The lowest BCUT2D eigenvalue weighted by Crippen LogP contribution is -2.16. The number of aromatic nitrogens is 4. The molecule has 1 aliphatic carbocycles. The maximum Gasteiger partial charge on any atom is 0.138 e. The summed E-state index contributed by atoms with van der Waals surface area (Å²) in [6.45, 7) is 4.68. The third kappa shape index (κ3) is 3.45. The molecule has 0 spiro atoms. The second-order valence-electron chi connectivity index (χ2n) is 11.0. The minimum atomic E-state index is -0.147. The summed E-state index contributed by atoms with van der Waals surface area (Å²) in [7, 11) is 0. The van der Waals surface area contributed by atoms with Gasteiger partial charge in [0.15, 0.2) is 0 Å². The predicted molar refractivity (Wildman–Crippen MR) is 166 cm³/mol. The van der Waals surface area contributed by atoms with Crippen LogP contribution < -0.4 is 4.90 Å². The van der Waals surface area contributed by atoms with E-state index in [9.17, 15) is 0 Å². The molecule has 0 saturated heterocycles. The molecule has 5 nitrogen and oxygen atoms in total. The van der Waals surface area contributed by atoms with Crippen molar-refractivity contribution in [1.29, 1.82) is 0 Å². The number of hydrogen-bond acceptors (Lipinski definition) is 4. The lowest BCUT2D eigenvalue weighted by molar-refractivity contribution is 0.664. The van der Waals surface area contributed by atoms with Gasteiger partial charge < -0.3 is 4.57 Å². The zero-order valence-electron chi connectivity index (χ0n) is 22.9. The minimum absolute atomic E-state index is 0.147. The second-order valence-corrected chi connectivity index (χ2v) is 11.0. The summed E-state index contributed by atoms with van der Waals surface area (Å²) in [6, 6.07) is 38.1. The van der Waals surface area contributed by atoms with Crippen molar-refractivity contribution in [3.63, 3.8) is 0 Å². The topological polar surface area (TPSA) is 46.8 Å². The van der Waals surface area contributed by atoms with Gasteiger partial charge in [-0.1, -0.05) is 56.3 Å². The molecule has 0 unspecified atom stereocenters. The van der Waals surface area contributed by atoms with Crippen molar-refractivity contribution in [1.82, 2.24) is 19.5 Å². The SMILES string of the molecule is CC1(C)c2ccccc2-c2ccc3c4ncccc4n(-c4ccc(N(c5ccccn5)c5ccccn5)cc4)c3c21. The van der Waals surface area contributed by atoms with E-state index in [1.165, 1.54) is 33.2 Å². The molecule has 7 aromatic rings. The summed E-state index contributed by atoms with van der Waals surface area (Å²) in [5, 5.41) is 1.17. The zero-order valence-corrected chi connectivity index (χ0v) is 22.9. The van der Waals surface area contributed by atoms with Crippen LogP contribution in [0.2, 0.25) is 0 Å². The van der Waals surface area contributed by atoms with E-state index in [-0.39, 0.29) is 5.41 Å². The number of nitrogens with zero attached hydrogens (tertiary/aromatic N) is 5. The van der Waals surface area contributed by atoms with Crippen LogP contribution in [0.4, 0.5) is 17.3 Å². The van der Waals surface area contributed by atoms with Crippen molar-refractivity contribution in [3.8, 4) is 16.8 Å². The van der Waals surface area contributed by atoms with Gasteiger partial charge in [-0.3, -0.25) is 9.88 Å². The minimum Gasteiger partial charge on any atom is -0.307 e. The standard InChI is InChI=1S/C36H27N5/c1-36(2)29-11-4-3-10-26(29)27-19-20-28-34-30(12-9-23-39-34)40(35(28)33(27)36)24-15-17-25(18-16-24)41(31-13-5-7-21-37-31)32-14-6-8-22-38-32/h3-23H,1-2H3. The van der Waals surface area contributed by atoms with Crippen LogP contribution in [0.3, 0.4) is 0 Å². The average molecular weight is 530 g/mol. The number of pyridine rings is 3. The molecule has 0 bridgehead atoms. The van der Waals surface area contributed by atoms with Gasteiger partial charge >= 0.3 is 0 Å². The van der Waals surface area contributed by atoms with Gasteiger partial charge in [0.05, 0.1) is 16.6 Å². The van der Waals surface area contributed by atoms with Crippen LogP contribution in [0.15, 0.2) is 128 Å². The van der Waals surface area contributed by atoms with Crippen LogP contribution in [0.1, 0.15) is 25.0 Å². The molecule has 0 fully saturated rings. The Balaban J connectivity index is 1.36. The van der Waals surface area contributed by atoms with Crippen molar-refractivity contribution < 1.29 is 0 Å². The lowest BCUT2D eigenvalue weighted by atomic mass is 9.81. The van der Waals surface area contributed by atoms with Crippen LogP contribution in [0.25, 0.3) is 38.8 Å². The Kier molecular flexibility index (Phi) is 5.10. The molecule has 0 saturated carbocycles. The van der Waals surface area contributed by atoms with Crippen molar-refractivity contribution in [2.75, 3.05) is 4.90 Å². The summed E-state index contributed by atoms with van der Waals surface area (Å²) < 4.78 is 2.39. The monoisotopic (exact) mass is 529 g/mol. The van der Waals surface area contributed by atoms with E-state index in [0.717, 1.165) is 34.0 Å². The third-order valence-corrected chi connectivity index (χ3v) is 8.32. The first-order valence-electron chi connectivity index (χ1n) is 13.9. The molecular formula is C36H27N5. The molecule has 3 aromatic carbocycles. The first-order valence-corrected chi connectivity index (χ1v) is 13.9. The number of rotatable bonds is 4. The van der Waals surface area contributed by atoms with Crippen LogP contribution in [0, 0.1) is 0 Å². The van der Waals surface area contributed by atoms with Crippen molar-refractivity contribution in [3.05, 3.63) is 139 Å². The molecular weight excluding hydrogens is 502 g/mol. The first kappa shape index (κ1) is 23.6. The number of benzene rings is 3. The van der Waals surface area contributed by atoms with Crippen LogP contribution in [-0.2, 0) is 5.41 Å². The highest BCUT2D eigenvalue weighted by Crippen LogP contribution is 2.52. The predicted octanol–water partition coefficient (Wildman–Crippen LogP) is 8.74. The van der Waals surface area contributed by atoms with Crippen LogP contribution in [0.5, 0.6) is 0 Å². The molecule has 0 atom stereocenters. The van der Waals surface area contributed by atoms with E-state index in [0.29, 0.717) is 0 Å². The molecule has 8 rings (SSSR count). The highest BCUT2D eigenvalue weighted by molar-refractivity contribution is 6.11. The normalized spacial score (nSPS) is 13.3. The second kappa shape index (κ2) is 8.86. The van der Waals surface area contributed by atoms with Crippen LogP contribution in [-0.4, -0.2) is 19.5 Å². The van der Waals surface area contributed by atoms with Crippen LogP contribution >= 0.6 is 0 Å². The van der Waals surface area contributed by atoms with Crippen molar-refractivity contribution >= 4 is 39.3 Å². The molecule has 0 aliphatic heterocycles. The Hall–Kier alpha value is -5.29. The van der Waals surface area contributed by atoms with E-state index in [2.05, 4.69) is 100 Å². The fraction of sp³-hybridized carbons (Fsp3) is 0.0833. The Bertz CT molecular complexity index is 2020. The smallest absolute Gasteiger partial charge is 0.138 e. The fourth-order valence-corrected chi connectivity index (χ4v) is 6.55. The maximum atomic E-state index is 4.86.